The predicted octanol–water partition coefficient (Wildman–Crippen LogP) is 3.26. The van der Waals surface area contributed by atoms with Gasteiger partial charge in [-0.15, -0.1) is 0 Å². The first-order valence-corrected chi connectivity index (χ1v) is 9.16. The van der Waals surface area contributed by atoms with Gasteiger partial charge in [0.15, 0.2) is 0 Å². The first kappa shape index (κ1) is 18.2. The summed E-state index contributed by atoms with van der Waals surface area (Å²) in [5.74, 6) is 0. The lowest BCUT2D eigenvalue weighted by Crippen LogP contribution is -2.56. The highest BCUT2D eigenvalue weighted by Crippen LogP contribution is 2.61. The van der Waals surface area contributed by atoms with Gasteiger partial charge in [-0.1, -0.05) is 30.3 Å². The maximum Gasteiger partial charge on any atom is 0.407 e. The van der Waals surface area contributed by atoms with Crippen LogP contribution in [0.1, 0.15) is 44.1 Å². The summed E-state index contributed by atoms with van der Waals surface area (Å²) in [6.07, 6.45) is 5.56. The number of aliphatic hydroxyl groups is 1. The summed E-state index contributed by atoms with van der Waals surface area (Å²) in [7, 11) is 1.71. The Hall–Kier alpha value is -1.59. The maximum atomic E-state index is 12.0. The molecular formula is C20H29NO4. The number of hydrogen-bond acceptors (Lipinski definition) is 4. The highest BCUT2D eigenvalue weighted by molar-refractivity contribution is 5.67. The molecule has 5 heteroatoms. The third-order valence-electron chi connectivity index (χ3n) is 5.79. The number of carbonyl (C=O) groups excluding carboxylic acids is 1. The van der Waals surface area contributed by atoms with Gasteiger partial charge >= 0.3 is 6.09 Å². The topological polar surface area (TPSA) is 67.8 Å². The lowest BCUT2D eigenvalue weighted by atomic mass is 9.48. The number of amides is 1. The number of hydrogen-bond donors (Lipinski definition) is 2. The van der Waals surface area contributed by atoms with Crippen LogP contribution in [0.15, 0.2) is 30.3 Å². The third kappa shape index (κ3) is 4.53. The number of alkyl carbamates (subject to hydrolysis) is 1. The molecule has 0 unspecified atom stereocenters. The monoisotopic (exact) mass is 347 g/mol. The zero-order chi connectivity index (χ0) is 17.8. The van der Waals surface area contributed by atoms with Crippen molar-refractivity contribution in [3.05, 3.63) is 35.9 Å². The van der Waals surface area contributed by atoms with Crippen LogP contribution in [-0.2, 0) is 16.1 Å². The average molecular weight is 347 g/mol. The molecule has 25 heavy (non-hydrogen) atoms. The molecule has 0 aromatic heterocycles. The van der Waals surface area contributed by atoms with Crippen molar-refractivity contribution in [2.45, 2.75) is 51.2 Å². The van der Waals surface area contributed by atoms with Crippen molar-refractivity contribution in [2.24, 2.45) is 10.8 Å². The third-order valence-corrected chi connectivity index (χ3v) is 5.79. The first-order valence-electron chi connectivity index (χ1n) is 9.16. The second-order valence-electron chi connectivity index (χ2n) is 7.93. The van der Waals surface area contributed by atoms with E-state index < -0.39 is 0 Å². The predicted molar refractivity (Wildman–Crippen MR) is 95.1 cm³/mol. The van der Waals surface area contributed by atoms with Crippen molar-refractivity contribution in [2.75, 3.05) is 20.3 Å². The highest BCUT2D eigenvalue weighted by atomic mass is 16.5. The Labute approximate surface area is 149 Å². The van der Waals surface area contributed by atoms with Gasteiger partial charge in [0.1, 0.15) is 6.61 Å². The molecule has 5 nitrogen and oxygen atoms in total. The number of carbonyl (C=O) groups is 1. The maximum absolute atomic E-state index is 12.0. The smallest absolute Gasteiger partial charge is 0.407 e. The van der Waals surface area contributed by atoms with E-state index in [4.69, 9.17) is 9.47 Å². The van der Waals surface area contributed by atoms with Crippen molar-refractivity contribution in [3.63, 3.8) is 0 Å². The molecule has 2 aliphatic carbocycles. The number of methoxy groups -OCH3 is 1. The molecule has 0 saturated heterocycles. The molecule has 2 fully saturated rings. The summed E-state index contributed by atoms with van der Waals surface area (Å²) >= 11 is 0. The Kier molecular flexibility index (Phi) is 5.64. The van der Waals surface area contributed by atoms with Gasteiger partial charge in [0.05, 0.1) is 12.7 Å². The molecule has 1 spiro atoms. The Morgan fingerprint density at radius 3 is 2.56 bits per heavy atom. The Balaban J connectivity index is 1.45. The lowest BCUT2D eigenvalue weighted by Gasteiger charge is -2.58. The standard InChI is InChI=1S/C20H29NO4/c1-24-15-20(12-19(13-20)9-7-17(22)8-10-19)14-21-18(23)25-11-16-5-3-2-4-6-16/h2-6,17,22H,7-15H2,1H3,(H,21,23). The quantitative estimate of drug-likeness (QED) is 0.829. The normalized spacial score (nSPS) is 31.4. The van der Waals surface area contributed by atoms with Gasteiger partial charge in [0.2, 0.25) is 0 Å². The number of rotatable bonds is 6. The fourth-order valence-electron chi connectivity index (χ4n) is 4.73. The molecule has 1 aromatic carbocycles. The van der Waals surface area contributed by atoms with E-state index in [0.29, 0.717) is 18.6 Å². The van der Waals surface area contributed by atoms with Gasteiger partial charge in [-0.3, -0.25) is 0 Å². The van der Waals surface area contributed by atoms with E-state index in [0.717, 1.165) is 44.1 Å². The Morgan fingerprint density at radius 2 is 1.92 bits per heavy atom. The van der Waals surface area contributed by atoms with E-state index in [-0.39, 0.29) is 24.2 Å². The van der Waals surface area contributed by atoms with Crippen molar-refractivity contribution in [3.8, 4) is 0 Å². The van der Waals surface area contributed by atoms with E-state index in [9.17, 15) is 9.90 Å². The van der Waals surface area contributed by atoms with Gasteiger partial charge in [0.25, 0.3) is 0 Å². The molecule has 2 N–H and O–H groups in total. The van der Waals surface area contributed by atoms with Crippen LogP contribution in [0.4, 0.5) is 4.79 Å². The molecule has 0 radical (unpaired) electrons. The minimum absolute atomic E-state index is 0.00279. The zero-order valence-electron chi connectivity index (χ0n) is 15.0. The van der Waals surface area contributed by atoms with Gasteiger partial charge in [-0.25, -0.2) is 4.79 Å². The van der Waals surface area contributed by atoms with Gasteiger partial charge in [0, 0.05) is 19.1 Å². The molecule has 3 rings (SSSR count). The lowest BCUT2D eigenvalue weighted by molar-refractivity contribution is -0.114. The molecule has 1 aromatic rings. The zero-order valence-corrected chi connectivity index (χ0v) is 15.0. The van der Waals surface area contributed by atoms with E-state index in [1.165, 1.54) is 0 Å². The highest BCUT2D eigenvalue weighted by Gasteiger charge is 2.55. The first-order chi connectivity index (χ1) is 12.0. The number of benzene rings is 1. The van der Waals surface area contributed by atoms with Crippen molar-refractivity contribution in [1.82, 2.24) is 5.32 Å². The van der Waals surface area contributed by atoms with Gasteiger partial charge in [-0.2, -0.15) is 0 Å². The molecule has 2 aliphatic rings. The van der Waals surface area contributed by atoms with E-state index in [1.54, 1.807) is 7.11 Å². The number of nitrogens with one attached hydrogen (secondary N) is 1. The summed E-state index contributed by atoms with van der Waals surface area (Å²) in [6.45, 7) is 1.51. The molecule has 0 atom stereocenters. The van der Waals surface area contributed by atoms with Crippen LogP contribution in [0, 0.1) is 10.8 Å². The molecule has 2 saturated carbocycles. The van der Waals surface area contributed by atoms with Crippen LogP contribution in [0.2, 0.25) is 0 Å². The number of aliphatic hydroxyl groups excluding tert-OH is 1. The minimum atomic E-state index is -0.376. The molecule has 138 valence electrons. The fourth-order valence-corrected chi connectivity index (χ4v) is 4.73. The van der Waals surface area contributed by atoms with Crippen molar-refractivity contribution < 1.29 is 19.4 Å². The Bertz CT molecular complexity index is 558. The van der Waals surface area contributed by atoms with Crippen LogP contribution in [0.3, 0.4) is 0 Å². The van der Waals surface area contributed by atoms with Crippen LogP contribution in [0.5, 0.6) is 0 Å². The number of ether oxygens (including phenoxy) is 2. The minimum Gasteiger partial charge on any atom is -0.445 e. The van der Waals surface area contributed by atoms with Crippen LogP contribution in [0.25, 0.3) is 0 Å². The van der Waals surface area contributed by atoms with E-state index in [1.807, 2.05) is 30.3 Å². The molecule has 0 bridgehead atoms. The van der Waals surface area contributed by atoms with E-state index in [2.05, 4.69) is 5.32 Å². The molecular weight excluding hydrogens is 318 g/mol. The molecule has 0 aliphatic heterocycles. The fraction of sp³-hybridized carbons (Fsp3) is 0.650. The van der Waals surface area contributed by atoms with Gasteiger partial charge in [-0.05, 0) is 49.5 Å². The second-order valence-corrected chi connectivity index (χ2v) is 7.93. The molecule has 1 amide bonds. The van der Waals surface area contributed by atoms with E-state index >= 15 is 0 Å². The second kappa shape index (κ2) is 7.75. The van der Waals surface area contributed by atoms with Crippen LogP contribution >= 0.6 is 0 Å². The van der Waals surface area contributed by atoms with Crippen molar-refractivity contribution in [1.29, 1.82) is 0 Å². The summed E-state index contributed by atoms with van der Waals surface area (Å²) < 4.78 is 10.7. The largest absolute Gasteiger partial charge is 0.445 e. The SMILES string of the molecule is COCC1(CNC(=O)OCc2ccccc2)CC2(CCC(O)CC2)C1. The van der Waals surface area contributed by atoms with Gasteiger partial charge < -0.3 is 19.9 Å². The molecule has 0 heterocycles. The average Bonchev–Trinajstić information content (AvgIpc) is 2.60. The Morgan fingerprint density at radius 1 is 1.24 bits per heavy atom. The van der Waals surface area contributed by atoms with Crippen LogP contribution in [-0.4, -0.2) is 37.6 Å². The summed E-state index contributed by atoms with van der Waals surface area (Å²) in [6, 6.07) is 9.67. The van der Waals surface area contributed by atoms with Crippen LogP contribution < -0.4 is 5.32 Å². The summed E-state index contributed by atoms with van der Waals surface area (Å²) in [5.41, 5.74) is 1.32. The summed E-state index contributed by atoms with van der Waals surface area (Å²) in [4.78, 5) is 12.0. The summed E-state index contributed by atoms with van der Waals surface area (Å²) in [5, 5.41) is 12.6. The van der Waals surface area contributed by atoms with Crippen molar-refractivity contribution >= 4 is 6.09 Å².